The van der Waals surface area contributed by atoms with Gasteiger partial charge in [0.25, 0.3) is 0 Å². The second-order valence-electron chi connectivity index (χ2n) is 1.57. The van der Waals surface area contributed by atoms with Crippen LogP contribution in [0, 0.1) is 0 Å². The van der Waals surface area contributed by atoms with E-state index >= 15 is 0 Å². The minimum Gasteiger partial charge on any atom is -0.546 e. The summed E-state index contributed by atoms with van der Waals surface area (Å²) < 4.78 is 4.21. The summed E-state index contributed by atoms with van der Waals surface area (Å²) in [6.45, 7) is 2.37. The van der Waals surface area contributed by atoms with E-state index in [-0.39, 0.29) is 0 Å². The fourth-order valence-corrected chi connectivity index (χ4v) is 0.297. The van der Waals surface area contributed by atoms with Crippen molar-refractivity contribution >= 4 is 11.9 Å². The van der Waals surface area contributed by atoms with E-state index in [9.17, 15) is 14.7 Å². The maximum Gasteiger partial charge on any atom is 0.303 e. The van der Waals surface area contributed by atoms with Crippen LogP contribution in [0.15, 0.2) is 0 Å². The fraction of sp³-hybridized carbons (Fsp3) is 0.600. The molecule has 0 unspecified atom stereocenters. The Morgan fingerprint density at radius 2 is 2.00 bits per heavy atom. The quantitative estimate of drug-likeness (QED) is 0.436. The van der Waals surface area contributed by atoms with Crippen LogP contribution in [-0.2, 0) is 14.3 Å². The van der Waals surface area contributed by atoms with E-state index in [1.807, 2.05) is 0 Å². The Labute approximate surface area is 52.4 Å². The van der Waals surface area contributed by atoms with E-state index in [1.165, 1.54) is 6.92 Å². The Morgan fingerprint density at radius 3 is 2.11 bits per heavy atom. The number of carboxylic acid groups (broad SMARTS) is 1. The SMILES string of the molecule is CC(=O)O[C@H](C)C(=O)[O-]. The summed E-state index contributed by atoms with van der Waals surface area (Å²) in [6.07, 6.45) is -1.15. The van der Waals surface area contributed by atoms with Gasteiger partial charge in [0.1, 0.15) is 6.10 Å². The lowest BCUT2D eigenvalue weighted by atomic mass is 10.4. The van der Waals surface area contributed by atoms with Crippen LogP contribution in [0.3, 0.4) is 0 Å². The second kappa shape index (κ2) is 3.06. The number of ether oxygens (including phenoxy) is 1. The van der Waals surface area contributed by atoms with Crippen LogP contribution in [0.1, 0.15) is 13.8 Å². The molecule has 0 rings (SSSR count). The summed E-state index contributed by atoms with van der Waals surface area (Å²) in [6, 6.07) is 0. The summed E-state index contributed by atoms with van der Waals surface area (Å²) >= 11 is 0. The summed E-state index contributed by atoms with van der Waals surface area (Å²) in [5.74, 6) is -2.00. The van der Waals surface area contributed by atoms with Crippen molar-refractivity contribution in [3.8, 4) is 0 Å². The van der Waals surface area contributed by atoms with Gasteiger partial charge < -0.3 is 14.6 Å². The zero-order valence-corrected chi connectivity index (χ0v) is 5.21. The van der Waals surface area contributed by atoms with Crippen molar-refractivity contribution in [1.29, 1.82) is 0 Å². The second-order valence-corrected chi connectivity index (χ2v) is 1.57. The molecule has 4 heteroatoms. The minimum absolute atomic E-state index is 0.619. The van der Waals surface area contributed by atoms with Crippen molar-refractivity contribution in [2.24, 2.45) is 0 Å². The minimum atomic E-state index is -1.38. The molecule has 0 saturated carbocycles. The van der Waals surface area contributed by atoms with Gasteiger partial charge in [0.15, 0.2) is 0 Å². The zero-order chi connectivity index (χ0) is 7.44. The molecule has 0 aromatic carbocycles. The summed E-state index contributed by atoms with van der Waals surface area (Å²) in [5, 5.41) is 9.85. The van der Waals surface area contributed by atoms with E-state index in [0.29, 0.717) is 0 Å². The Kier molecular flexibility index (Phi) is 2.70. The molecule has 0 aromatic rings. The van der Waals surface area contributed by atoms with Crippen LogP contribution in [0.25, 0.3) is 0 Å². The fourth-order valence-electron chi connectivity index (χ4n) is 0.297. The lowest BCUT2D eigenvalue weighted by molar-refractivity contribution is -0.314. The van der Waals surface area contributed by atoms with Gasteiger partial charge in [0.05, 0.1) is 5.97 Å². The molecule has 0 aromatic heterocycles. The van der Waals surface area contributed by atoms with Gasteiger partial charge >= 0.3 is 5.97 Å². The topological polar surface area (TPSA) is 66.4 Å². The van der Waals surface area contributed by atoms with E-state index in [4.69, 9.17) is 0 Å². The maximum absolute atomic E-state index is 10.0. The molecule has 0 heterocycles. The first kappa shape index (κ1) is 7.94. The van der Waals surface area contributed by atoms with Crippen molar-refractivity contribution in [2.75, 3.05) is 0 Å². The van der Waals surface area contributed by atoms with Crippen LogP contribution >= 0.6 is 0 Å². The number of hydrogen-bond acceptors (Lipinski definition) is 4. The van der Waals surface area contributed by atoms with Gasteiger partial charge in [-0.2, -0.15) is 0 Å². The van der Waals surface area contributed by atoms with Crippen LogP contribution < -0.4 is 5.11 Å². The van der Waals surface area contributed by atoms with E-state index in [0.717, 1.165) is 6.92 Å². The van der Waals surface area contributed by atoms with Gasteiger partial charge in [0.2, 0.25) is 0 Å². The third-order valence-electron chi connectivity index (χ3n) is 0.675. The molecule has 0 radical (unpaired) electrons. The molecule has 0 saturated heterocycles. The standard InChI is InChI=1S/C5H8O4/c1-3(5(7)8)9-4(2)6/h3H,1-2H3,(H,7,8)/p-1/t3-/m1/s1. The van der Waals surface area contributed by atoms with Gasteiger partial charge in [0, 0.05) is 6.92 Å². The molecule has 9 heavy (non-hydrogen) atoms. The van der Waals surface area contributed by atoms with Gasteiger partial charge in [-0.25, -0.2) is 0 Å². The van der Waals surface area contributed by atoms with Crippen molar-refractivity contribution in [3.63, 3.8) is 0 Å². The van der Waals surface area contributed by atoms with Gasteiger partial charge in [-0.05, 0) is 6.92 Å². The maximum atomic E-state index is 10.0. The molecule has 0 fully saturated rings. The molecule has 0 amide bonds. The molecule has 52 valence electrons. The molecule has 4 nitrogen and oxygen atoms in total. The van der Waals surface area contributed by atoms with Crippen LogP contribution in [0.5, 0.6) is 0 Å². The van der Waals surface area contributed by atoms with Crippen molar-refractivity contribution in [2.45, 2.75) is 20.0 Å². The molecular weight excluding hydrogens is 124 g/mol. The zero-order valence-electron chi connectivity index (χ0n) is 5.21. The number of carboxylic acids is 1. The third kappa shape index (κ3) is 3.52. The molecular formula is C5H7O4-. The Hall–Kier alpha value is -1.06. The molecule has 0 aliphatic heterocycles. The number of esters is 1. The van der Waals surface area contributed by atoms with E-state index in [2.05, 4.69) is 4.74 Å². The summed E-state index contributed by atoms with van der Waals surface area (Å²) in [7, 11) is 0. The lowest BCUT2D eigenvalue weighted by Gasteiger charge is -2.11. The Bertz CT molecular complexity index is 129. The number of carbonyl (C=O) groups is 2. The number of rotatable bonds is 2. The first-order valence-corrected chi connectivity index (χ1v) is 2.42. The Balaban J connectivity index is 3.63. The molecule has 1 atom stereocenters. The highest BCUT2D eigenvalue weighted by Gasteiger charge is 2.03. The largest absolute Gasteiger partial charge is 0.546 e. The molecule has 0 spiro atoms. The average molecular weight is 131 g/mol. The molecule has 0 bridgehead atoms. The molecule has 0 aliphatic rings. The normalized spacial score (nSPS) is 12.2. The van der Waals surface area contributed by atoms with Crippen LogP contribution in [0.2, 0.25) is 0 Å². The first-order chi connectivity index (χ1) is 4.04. The Morgan fingerprint density at radius 1 is 1.56 bits per heavy atom. The predicted molar refractivity (Wildman–Crippen MR) is 26.2 cm³/mol. The number of aliphatic carboxylic acids is 1. The highest BCUT2D eigenvalue weighted by Crippen LogP contribution is 1.87. The average Bonchev–Trinajstić information content (AvgIpc) is 1.63. The molecule has 0 aliphatic carbocycles. The summed E-state index contributed by atoms with van der Waals surface area (Å²) in [4.78, 5) is 19.9. The van der Waals surface area contributed by atoms with Gasteiger partial charge in [-0.15, -0.1) is 0 Å². The lowest BCUT2D eigenvalue weighted by Crippen LogP contribution is -2.36. The highest BCUT2D eigenvalue weighted by atomic mass is 16.6. The first-order valence-electron chi connectivity index (χ1n) is 2.42. The van der Waals surface area contributed by atoms with Crippen LogP contribution in [-0.4, -0.2) is 18.0 Å². The van der Waals surface area contributed by atoms with Gasteiger partial charge in [-0.3, -0.25) is 4.79 Å². The van der Waals surface area contributed by atoms with Crippen molar-refractivity contribution in [1.82, 2.24) is 0 Å². The number of hydrogen-bond donors (Lipinski definition) is 0. The summed E-state index contributed by atoms with van der Waals surface area (Å²) in [5.41, 5.74) is 0. The van der Waals surface area contributed by atoms with E-state index < -0.39 is 18.0 Å². The van der Waals surface area contributed by atoms with Crippen molar-refractivity contribution < 1.29 is 19.4 Å². The predicted octanol–water partition coefficient (Wildman–Crippen LogP) is -1.31. The van der Waals surface area contributed by atoms with E-state index in [1.54, 1.807) is 0 Å². The monoisotopic (exact) mass is 131 g/mol. The third-order valence-corrected chi connectivity index (χ3v) is 0.675. The van der Waals surface area contributed by atoms with Gasteiger partial charge in [-0.1, -0.05) is 0 Å². The van der Waals surface area contributed by atoms with Crippen LogP contribution in [0.4, 0.5) is 0 Å². The highest BCUT2D eigenvalue weighted by molar-refractivity contribution is 5.74. The smallest absolute Gasteiger partial charge is 0.303 e. The number of carbonyl (C=O) groups excluding carboxylic acids is 2. The van der Waals surface area contributed by atoms with Crippen molar-refractivity contribution in [3.05, 3.63) is 0 Å². The molecule has 0 N–H and O–H groups in total.